The van der Waals surface area contributed by atoms with E-state index in [1.165, 1.54) is 0 Å². The van der Waals surface area contributed by atoms with E-state index in [4.69, 9.17) is 0 Å². The Morgan fingerprint density at radius 2 is 1.64 bits per heavy atom. The Morgan fingerprint density at radius 3 is 1.93 bits per heavy atom. The molecule has 0 aromatic heterocycles. The van der Waals surface area contributed by atoms with Crippen molar-refractivity contribution in [1.82, 2.24) is 5.32 Å². The number of hydrogen-bond donors (Lipinski definition) is 1. The van der Waals surface area contributed by atoms with Crippen molar-refractivity contribution in [3.05, 3.63) is 0 Å². The molecule has 0 aromatic carbocycles. The van der Waals surface area contributed by atoms with Crippen molar-refractivity contribution in [1.29, 1.82) is 0 Å². The molecule has 2 nitrogen and oxygen atoms in total. The maximum Gasteiger partial charge on any atom is 0.234 e. The van der Waals surface area contributed by atoms with E-state index in [2.05, 4.69) is 42.0 Å². The maximum absolute atomic E-state index is 11.7. The summed E-state index contributed by atoms with van der Waals surface area (Å²) in [5.74, 6) is 0.407. The SMILES string of the molecule is CC(C)C(Br)C(=O)NC(C)C(C)(C)C. The predicted molar refractivity (Wildman–Crippen MR) is 64.6 cm³/mol. The van der Waals surface area contributed by atoms with Gasteiger partial charge in [-0.3, -0.25) is 4.79 Å². The minimum atomic E-state index is -0.0905. The average Bonchev–Trinajstić information content (AvgIpc) is 2.00. The van der Waals surface area contributed by atoms with Crippen LogP contribution >= 0.6 is 15.9 Å². The Kier molecular flexibility index (Phi) is 5.13. The molecule has 2 unspecified atom stereocenters. The van der Waals surface area contributed by atoms with Crippen LogP contribution in [-0.4, -0.2) is 16.8 Å². The summed E-state index contributed by atoms with van der Waals surface area (Å²) in [6.45, 7) is 12.5. The molecule has 1 amide bonds. The van der Waals surface area contributed by atoms with Crippen LogP contribution in [-0.2, 0) is 4.79 Å². The van der Waals surface area contributed by atoms with Crippen molar-refractivity contribution >= 4 is 21.8 Å². The van der Waals surface area contributed by atoms with Crippen LogP contribution < -0.4 is 5.32 Å². The predicted octanol–water partition coefficient (Wildman–Crippen LogP) is 2.96. The van der Waals surface area contributed by atoms with E-state index in [0.717, 1.165) is 0 Å². The second-order valence-corrected chi connectivity index (χ2v) is 6.23. The summed E-state index contributed by atoms with van der Waals surface area (Å²) >= 11 is 3.39. The summed E-state index contributed by atoms with van der Waals surface area (Å²) in [7, 11) is 0. The summed E-state index contributed by atoms with van der Waals surface area (Å²) in [5, 5.41) is 3.02. The van der Waals surface area contributed by atoms with Gasteiger partial charge >= 0.3 is 0 Å². The number of amides is 1. The topological polar surface area (TPSA) is 29.1 Å². The van der Waals surface area contributed by atoms with Crippen molar-refractivity contribution in [2.75, 3.05) is 0 Å². The van der Waals surface area contributed by atoms with E-state index in [1.807, 2.05) is 20.8 Å². The molecule has 0 bridgehead atoms. The van der Waals surface area contributed by atoms with Crippen molar-refractivity contribution in [2.45, 2.75) is 52.4 Å². The van der Waals surface area contributed by atoms with Gasteiger partial charge in [-0.15, -0.1) is 0 Å². The molecule has 0 aliphatic carbocycles. The number of nitrogens with one attached hydrogen (secondary N) is 1. The van der Waals surface area contributed by atoms with Gasteiger partial charge in [-0.2, -0.15) is 0 Å². The van der Waals surface area contributed by atoms with Gasteiger partial charge in [-0.05, 0) is 18.3 Å². The summed E-state index contributed by atoms with van der Waals surface area (Å²) < 4.78 is 0. The Bertz CT molecular complexity index is 196. The Morgan fingerprint density at radius 1 is 1.21 bits per heavy atom. The molecule has 0 spiro atoms. The Hall–Kier alpha value is -0.0500. The van der Waals surface area contributed by atoms with Crippen molar-refractivity contribution in [3.63, 3.8) is 0 Å². The van der Waals surface area contributed by atoms with Crippen molar-refractivity contribution < 1.29 is 4.79 Å². The summed E-state index contributed by atoms with van der Waals surface area (Å²) in [4.78, 5) is 11.6. The van der Waals surface area contributed by atoms with Crippen LogP contribution in [0.5, 0.6) is 0 Å². The molecule has 0 heterocycles. The quantitative estimate of drug-likeness (QED) is 0.780. The zero-order valence-electron chi connectivity index (χ0n) is 10.0. The molecule has 0 aliphatic heterocycles. The van der Waals surface area contributed by atoms with Crippen LogP contribution in [0.15, 0.2) is 0 Å². The van der Waals surface area contributed by atoms with E-state index in [1.54, 1.807) is 0 Å². The molecule has 0 saturated heterocycles. The standard InChI is InChI=1S/C11H22BrNO/c1-7(2)9(12)10(14)13-8(3)11(4,5)6/h7-9H,1-6H3,(H,13,14). The van der Waals surface area contributed by atoms with Gasteiger partial charge in [-0.1, -0.05) is 50.5 Å². The largest absolute Gasteiger partial charge is 0.352 e. The molecule has 3 heteroatoms. The first-order valence-corrected chi connectivity index (χ1v) is 6.02. The highest BCUT2D eigenvalue weighted by atomic mass is 79.9. The van der Waals surface area contributed by atoms with Crippen LogP contribution in [0.3, 0.4) is 0 Å². The average molecular weight is 264 g/mol. The fourth-order valence-electron chi connectivity index (χ4n) is 0.812. The lowest BCUT2D eigenvalue weighted by Crippen LogP contribution is -2.45. The summed E-state index contributed by atoms with van der Waals surface area (Å²) in [6.07, 6.45) is 0. The summed E-state index contributed by atoms with van der Waals surface area (Å²) in [5.41, 5.74) is 0.110. The van der Waals surface area contributed by atoms with Crippen LogP contribution in [0.2, 0.25) is 0 Å². The van der Waals surface area contributed by atoms with Gasteiger partial charge in [0, 0.05) is 6.04 Å². The fourth-order valence-corrected chi connectivity index (χ4v) is 0.944. The third-order valence-corrected chi connectivity index (χ3v) is 3.97. The smallest absolute Gasteiger partial charge is 0.234 e. The van der Waals surface area contributed by atoms with E-state index in [9.17, 15) is 4.79 Å². The molecule has 0 rings (SSSR count). The second kappa shape index (κ2) is 5.15. The van der Waals surface area contributed by atoms with E-state index in [0.29, 0.717) is 5.92 Å². The van der Waals surface area contributed by atoms with E-state index < -0.39 is 0 Å². The zero-order chi connectivity index (χ0) is 11.5. The maximum atomic E-state index is 11.7. The lowest BCUT2D eigenvalue weighted by molar-refractivity contribution is -0.122. The summed E-state index contributed by atoms with van der Waals surface area (Å²) in [6, 6.07) is 0.189. The van der Waals surface area contributed by atoms with Gasteiger partial charge in [0.1, 0.15) is 0 Å². The highest BCUT2D eigenvalue weighted by Crippen LogP contribution is 2.20. The van der Waals surface area contributed by atoms with E-state index in [-0.39, 0.29) is 22.2 Å². The number of halogens is 1. The molecule has 2 atom stereocenters. The van der Waals surface area contributed by atoms with Gasteiger partial charge in [0.2, 0.25) is 5.91 Å². The number of alkyl halides is 1. The second-order valence-electron chi connectivity index (χ2n) is 5.24. The number of carbonyl (C=O) groups is 1. The molecule has 0 aliphatic rings. The van der Waals surface area contributed by atoms with Crippen LogP contribution in [0, 0.1) is 11.3 Å². The highest BCUT2D eigenvalue weighted by molar-refractivity contribution is 9.10. The molecule has 0 saturated carbocycles. The number of hydrogen-bond acceptors (Lipinski definition) is 1. The molecular weight excluding hydrogens is 242 g/mol. The molecule has 0 fully saturated rings. The van der Waals surface area contributed by atoms with Gasteiger partial charge in [-0.25, -0.2) is 0 Å². The van der Waals surface area contributed by atoms with Gasteiger partial charge < -0.3 is 5.32 Å². The van der Waals surface area contributed by atoms with Gasteiger partial charge in [0.25, 0.3) is 0 Å². The fraction of sp³-hybridized carbons (Fsp3) is 0.909. The number of rotatable bonds is 3. The normalized spacial score (nSPS) is 16.6. The van der Waals surface area contributed by atoms with Gasteiger partial charge in [0.05, 0.1) is 4.83 Å². The minimum absolute atomic E-state index is 0.0856. The first kappa shape index (κ1) is 13.9. The van der Waals surface area contributed by atoms with Crippen LogP contribution in [0.1, 0.15) is 41.5 Å². The number of carbonyl (C=O) groups excluding carboxylic acids is 1. The third kappa shape index (κ3) is 4.45. The lowest BCUT2D eigenvalue weighted by atomic mass is 9.88. The molecule has 14 heavy (non-hydrogen) atoms. The lowest BCUT2D eigenvalue weighted by Gasteiger charge is -2.29. The monoisotopic (exact) mass is 263 g/mol. The third-order valence-electron chi connectivity index (χ3n) is 2.49. The molecule has 0 radical (unpaired) electrons. The Balaban J connectivity index is 4.20. The van der Waals surface area contributed by atoms with Crippen molar-refractivity contribution in [2.24, 2.45) is 11.3 Å². The van der Waals surface area contributed by atoms with Crippen LogP contribution in [0.4, 0.5) is 0 Å². The molecular formula is C11H22BrNO. The first-order valence-electron chi connectivity index (χ1n) is 5.10. The zero-order valence-corrected chi connectivity index (χ0v) is 11.6. The Labute approximate surface area is 96.0 Å². The molecule has 84 valence electrons. The van der Waals surface area contributed by atoms with Gasteiger partial charge in [0.15, 0.2) is 0 Å². The molecule has 0 aromatic rings. The van der Waals surface area contributed by atoms with Crippen molar-refractivity contribution in [3.8, 4) is 0 Å². The van der Waals surface area contributed by atoms with E-state index >= 15 is 0 Å². The minimum Gasteiger partial charge on any atom is -0.352 e. The highest BCUT2D eigenvalue weighted by Gasteiger charge is 2.25. The molecule has 1 N–H and O–H groups in total. The first-order chi connectivity index (χ1) is 6.16. The van der Waals surface area contributed by atoms with Crippen LogP contribution in [0.25, 0.3) is 0 Å².